The van der Waals surface area contributed by atoms with E-state index in [2.05, 4.69) is 42.0 Å². The number of allylic oxidation sites excluding steroid dienone is 1. The van der Waals surface area contributed by atoms with Crippen molar-refractivity contribution in [3.8, 4) is 0 Å². The maximum absolute atomic E-state index is 4.60. The Morgan fingerprint density at radius 3 is 2.67 bits per heavy atom. The third kappa shape index (κ3) is 3.42. The fraction of sp³-hybridized carbons (Fsp3) is 0.467. The predicted octanol–water partition coefficient (Wildman–Crippen LogP) is 4.62. The molecular formula is C15H23N3. The summed E-state index contributed by atoms with van der Waals surface area (Å²) in [6, 6.07) is 0. The third-order valence-corrected chi connectivity index (χ3v) is 3.03. The molecule has 1 heterocycles. The molecule has 0 aromatic carbocycles. The molecule has 1 rings (SSSR count). The zero-order chi connectivity index (χ0) is 13.5. The lowest BCUT2D eigenvalue weighted by atomic mass is 10.0. The van der Waals surface area contributed by atoms with Crippen LogP contribution in [0.3, 0.4) is 0 Å². The second-order valence-electron chi connectivity index (χ2n) is 4.41. The monoisotopic (exact) mass is 245 g/mol. The molecule has 0 aliphatic heterocycles. The zero-order valence-corrected chi connectivity index (χ0v) is 11.7. The average Bonchev–Trinajstić information content (AvgIpc) is 2.78. The summed E-state index contributed by atoms with van der Waals surface area (Å²) in [5.41, 5.74) is 1.75. The largest absolute Gasteiger partial charge is 0.340 e. The van der Waals surface area contributed by atoms with E-state index < -0.39 is 0 Å². The van der Waals surface area contributed by atoms with Crippen LogP contribution in [0.4, 0.5) is 5.82 Å². The first-order valence-corrected chi connectivity index (χ1v) is 6.56. The van der Waals surface area contributed by atoms with Crippen LogP contribution in [0, 0.1) is 0 Å². The topological polar surface area (TPSA) is 41.0 Å². The smallest absolute Gasteiger partial charge is 0.177 e. The number of aromatic nitrogens is 2. The van der Waals surface area contributed by atoms with Gasteiger partial charge in [-0.25, -0.2) is 9.98 Å². The van der Waals surface area contributed by atoms with Gasteiger partial charge in [0.1, 0.15) is 5.82 Å². The maximum atomic E-state index is 4.60. The predicted molar refractivity (Wildman–Crippen MR) is 79.6 cm³/mol. The fourth-order valence-corrected chi connectivity index (χ4v) is 1.91. The van der Waals surface area contributed by atoms with E-state index in [1.165, 1.54) is 0 Å². The summed E-state index contributed by atoms with van der Waals surface area (Å²) < 4.78 is 0. The van der Waals surface area contributed by atoms with Crippen LogP contribution in [0.25, 0.3) is 6.08 Å². The first-order chi connectivity index (χ1) is 8.65. The summed E-state index contributed by atoms with van der Waals surface area (Å²) in [7, 11) is 0. The lowest BCUT2D eigenvalue weighted by Gasteiger charge is -2.09. The van der Waals surface area contributed by atoms with Crippen LogP contribution >= 0.6 is 0 Å². The molecule has 1 atom stereocenters. The molecule has 0 aliphatic carbocycles. The van der Waals surface area contributed by atoms with Crippen molar-refractivity contribution in [1.82, 2.24) is 9.97 Å². The third-order valence-electron chi connectivity index (χ3n) is 3.03. The van der Waals surface area contributed by atoms with Crippen LogP contribution < -0.4 is 0 Å². The minimum absolute atomic E-state index is 0.474. The van der Waals surface area contributed by atoms with Gasteiger partial charge in [0.15, 0.2) is 5.82 Å². The quantitative estimate of drug-likeness (QED) is 0.699. The molecule has 0 radical (unpaired) electrons. The number of hydrogen-bond donors (Lipinski definition) is 1. The zero-order valence-electron chi connectivity index (χ0n) is 11.7. The molecular weight excluding hydrogens is 222 g/mol. The van der Waals surface area contributed by atoms with E-state index in [0.29, 0.717) is 11.7 Å². The second kappa shape index (κ2) is 6.94. The molecule has 0 saturated heterocycles. The standard InChI is InChI=1S/C15H23N3/c1-6-10-12(8-3)14-17-13(9-4)15(18-14)16-11(5)7-2/h7,9,12H,2,4,6,8,10H2,1,3,5H3,(H,17,18). The van der Waals surface area contributed by atoms with Gasteiger partial charge in [-0.3, -0.25) is 0 Å². The summed E-state index contributed by atoms with van der Waals surface area (Å²) >= 11 is 0. The highest BCUT2D eigenvalue weighted by Crippen LogP contribution is 2.27. The molecule has 1 aromatic rings. The summed E-state index contributed by atoms with van der Waals surface area (Å²) in [6.45, 7) is 13.8. The van der Waals surface area contributed by atoms with Gasteiger partial charge in [0.2, 0.25) is 0 Å². The van der Waals surface area contributed by atoms with Crippen molar-refractivity contribution < 1.29 is 0 Å². The van der Waals surface area contributed by atoms with Crippen molar-refractivity contribution >= 4 is 17.6 Å². The summed E-state index contributed by atoms with van der Waals surface area (Å²) in [5, 5.41) is 0. The number of nitrogens with one attached hydrogen (secondary N) is 1. The van der Waals surface area contributed by atoms with Gasteiger partial charge in [-0.1, -0.05) is 33.4 Å². The highest BCUT2D eigenvalue weighted by Gasteiger charge is 2.15. The molecule has 1 aromatic heterocycles. The Kier molecular flexibility index (Phi) is 5.56. The summed E-state index contributed by atoms with van der Waals surface area (Å²) in [4.78, 5) is 12.4. The van der Waals surface area contributed by atoms with Crippen LogP contribution in [0.2, 0.25) is 0 Å². The van der Waals surface area contributed by atoms with Crippen molar-refractivity contribution in [2.45, 2.75) is 46.0 Å². The van der Waals surface area contributed by atoms with E-state index in [1.807, 2.05) is 6.92 Å². The molecule has 0 amide bonds. The number of hydrogen-bond acceptors (Lipinski definition) is 2. The minimum Gasteiger partial charge on any atom is -0.340 e. The van der Waals surface area contributed by atoms with Crippen LogP contribution in [0.15, 0.2) is 24.2 Å². The number of imidazole rings is 1. The van der Waals surface area contributed by atoms with E-state index in [9.17, 15) is 0 Å². The molecule has 0 fully saturated rings. The van der Waals surface area contributed by atoms with Crippen molar-refractivity contribution in [2.75, 3.05) is 0 Å². The fourth-order valence-electron chi connectivity index (χ4n) is 1.91. The first kappa shape index (κ1) is 14.4. The lowest BCUT2D eigenvalue weighted by Crippen LogP contribution is -1.99. The normalized spacial score (nSPS) is 13.4. The van der Waals surface area contributed by atoms with Crippen molar-refractivity contribution in [2.24, 2.45) is 4.99 Å². The highest BCUT2D eigenvalue weighted by atomic mass is 15.0. The molecule has 18 heavy (non-hydrogen) atoms. The van der Waals surface area contributed by atoms with E-state index in [0.717, 1.165) is 36.5 Å². The van der Waals surface area contributed by atoms with Crippen molar-refractivity contribution in [3.05, 3.63) is 30.8 Å². The van der Waals surface area contributed by atoms with Crippen molar-refractivity contribution in [1.29, 1.82) is 0 Å². The van der Waals surface area contributed by atoms with Crippen LogP contribution in [0.5, 0.6) is 0 Å². The molecule has 3 heteroatoms. The first-order valence-electron chi connectivity index (χ1n) is 6.56. The molecule has 98 valence electrons. The van der Waals surface area contributed by atoms with Gasteiger partial charge in [0, 0.05) is 11.6 Å². The van der Waals surface area contributed by atoms with Gasteiger partial charge in [-0.15, -0.1) is 0 Å². The molecule has 3 nitrogen and oxygen atoms in total. The van der Waals surface area contributed by atoms with E-state index in [4.69, 9.17) is 0 Å². The van der Waals surface area contributed by atoms with Crippen LogP contribution in [-0.2, 0) is 0 Å². The van der Waals surface area contributed by atoms with Gasteiger partial charge in [0.25, 0.3) is 0 Å². The van der Waals surface area contributed by atoms with E-state index in [1.54, 1.807) is 12.2 Å². The van der Waals surface area contributed by atoms with Crippen LogP contribution in [-0.4, -0.2) is 15.7 Å². The van der Waals surface area contributed by atoms with E-state index in [-0.39, 0.29) is 0 Å². The highest BCUT2D eigenvalue weighted by molar-refractivity contribution is 5.94. The van der Waals surface area contributed by atoms with Gasteiger partial charge >= 0.3 is 0 Å². The second-order valence-corrected chi connectivity index (χ2v) is 4.41. The number of aliphatic imine (C=N–C) groups is 1. The Balaban J connectivity index is 3.10. The molecule has 0 aliphatic rings. The van der Waals surface area contributed by atoms with Gasteiger partial charge in [0.05, 0.1) is 5.69 Å². The van der Waals surface area contributed by atoms with Gasteiger partial charge in [-0.2, -0.15) is 0 Å². The molecule has 1 unspecified atom stereocenters. The molecule has 0 saturated carbocycles. The molecule has 1 N–H and O–H groups in total. The number of H-pyrrole nitrogens is 1. The average molecular weight is 245 g/mol. The Hall–Kier alpha value is -1.64. The van der Waals surface area contributed by atoms with Crippen LogP contribution in [0.1, 0.15) is 57.5 Å². The Labute approximate surface area is 110 Å². The summed E-state index contributed by atoms with van der Waals surface area (Å²) in [6.07, 6.45) is 6.88. The Bertz CT molecular complexity index is 441. The number of rotatable bonds is 7. The summed E-state index contributed by atoms with van der Waals surface area (Å²) in [5.74, 6) is 2.21. The number of nitrogens with zero attached hydrogens (tertiary/aromatic N) is 2. The maximum Gasteiger partial charge on any atom is 0.177 e. The Morgan fingerprint density at radius 1 is 1.44 bits per heavy atom. The van der Waals surface area contributed by atoms with Gasteiger partial charge < -0.3 is 4.98 Å². The Morgan fingerprint density at radius 2 is 2.17 bits per heavy atom. The minimum atomic E-state index is 0.474. The molecule has 0 bridgehead atoms. The molecule has 0 spiro atoms. The van der Waals surface area contributed by atoms with E-state index >= 15 is 0 Å². The lowest BCUT2D eigenvalue weighted by molar-refractivity contribution is 0.569. The van der Waals surface area contributed by atoms with Crippen molar-refractivity contribution in [3.63, 3.8) is 0 Å². The van der Waals surface area contributed by atoms with Gasteiger partial charge in [-0.05, 0) is 31.9 Å². The number of aromatic amines is 1. The SMILES string of the molecule is C=CC(C)=Nc1nc(C(CC)CCC)[nH]c1C=C.